The Morgan fingerprint density at radius 1 is 0.480 bits per heavy atom. The SMILES string of the molecule is CC1=CCC(C)(c2ccccc2)C=C1.CCC(C)C1C=CC(c2ccc3c(c2)C(c2ccccc2)(c2ccccc2)c2c(-c4ccc(-c5ccccc5)cc4)cccc2-3)=CC1.Cc1ccc(C2(C)C=CC=CC2)cc1. The maximum atomic E-state index is 2.50. The van der Waals surface area contributed by atoms with Crippen molar-refractivity contribution in [1.29, 1.82) is 0 Å². The highest BCUT2D eigenvalue weighted by molar-refractivity contribution is 5.94. The van der Waals surface area contributed by atoms with Crippen LogP contribution < -0.4 is 0 Å². The smallest absolute Gasteiger partial charge is 0.0719 e. The molecular formula is C75H72. The van der Waals surface area contributed by atoms with E-state index >= 15 is 0 Å². The van der Waals surface area contributed by atoms with E-state index in [2.05, 4.69) is 309 Å². The lowest BCUT2D eigenvalue weighted by Gasteiger charge is -2.35. The third-order valence-corrected chi connectivity index (χ3v) is 16.7. The van der Waals surface area contributed by atoms with Crippen LogP contribution in [0.3, 0.4) is 0 Å². The maximum absolute atomic E-state index is 2.50. The zero-order valence-electron chi connectivity index (χ0n) is 44.9. The van der Waals surface area contributed by atoms with Gasteiger partial charge in [-0.3, -0.25) is 0 Å². The second-order valence-corrected chi connectivity index (χ2v) is 21.8. The van der Waals surface area contributed by atoms with Gasteiger partial charge in [-0.15, -0.1) is 0 Å². The summed E-state index contributed by atoms with van der Waals surface area (Å²) in [5.74, 6) is 1.31. The second-order valence-electron chi connectivity index (χ2n) is 21.8. The molecule has 0 fully saturated rings. The fourth-order valence-electron chi connectivity index (χ4n) is 11.7. The molecule has 0 nitrogen and oxygen atoms in total. The van der Waals surface area contributed by atoms with E-state index in [4.69, 9.17) is 0 Å². The van der Waals surface area contributed by atoms with E-state index in [1.807, 2.05) is 0 Å². The van der Waals surface area contributed by atoms with Gasteiger partial charge in [0.15, 0.2) is 0 Å². The van der Waals surface area contributed by atoms with Crippen LogP contribution in [0, 0.1) is 18.8 Å². The molecule has 12 rings (SSSR count). The summed E-state index contributed by atoms with van der Waals surface area (Å²) in [6.07, 6.45) is 27.4. The first-order chi connectivity index (χ1) is 36.6. The van der Waals surface area contributed by atoms with Crippen LogP contribution in [0.2, 0.25) is 0 Å². The van der Waals surface area contributed by atoms with Crippen LogP contribution in [0.4, 0.5) is 0 Å². The summed E-state index contributed by atoms with van der Waals surface area (Å²) in [6.45, 7) is 13.5. The van der Waals surface area contributed by atoms with E-state index in [1.54, 1.807) is 0 Å². The highest BCUT2D eigenvalue weighted by atomic mass is 14.5. The molecule has 0 bridgehead atoms. The summed E-state index contributed by atoms with van der Waals surface area (Å²) < 4.78 is 0. The van der Waals surface area contributed by atoms with Gasteiger partial charge in [0.1, 0.15) is 0 Å². The molecule has 8 aromatic carbocycles. The molecule has 0 spiro atoms. The molecule has 0 amide bonds. The molecular weight excluding hydrogens is 901 g/mol. The van der Waals surface area contributed by atoms with E-state index in [9.17, 15) is 0 Å². The zero-order valence-corrected chi connectivity index (χ0v) is 44.9. The molecule has 0 heterocycles. The molecule has 8 aromatic rings. The highest BCUT2D eigenvalue weighted by Gasteiger charge is 2.48. The Morgan fingerprint density at radius 2 is 1.04 bits per heavy atom. The van der Waals surface area contributed by atoms with Crippen LogP contribution in [0.5, 0.6) is 0 Å². The summed E-state index contributed by atoms with van der Waals surface area (Å²) in [7, 11) is 0. The van der Waals surface area contributed by atoms with Crippen molar-refractivity contribution in [2.24, 2.45) is 11.8 Å². The van der Waals surface area contributed by atoms with Crippen molar-refractivity contribution in [3.05, 3.63) is 317 Å². The Kier molecular flexibility index (Phi) is 15.1. The molecule has 4 aliphatic carbocycles. The molecule has 0 heteroatoms. The van der Waals surface area contributed by atoms with E-state index in [-0.39, 0.29) is 10.8 Å². The average Bonchev–Trinajstić information content (AvgIpc) is 3.83. The van der Waals surface area contributed by atoms with E-state index in [0.29, 0.717) is 11.8 Å². The summed E-state index contributed by atoms with van der Waals surface area (Å²) in [4.78, 5) is 0. The van der Waals surface area contributed by atoms with Gasteiger partial charge in [-0.2, -0.15) is 0 Å². The molecule has 4 atom stereocenters. The highest BCUT2D eigenvalue weighted by Crippen LogP contribution is 2.59. The van der Waals surface area contributed by atoms with Crippen LogP contribution >= 0.6 is 0 Å². The number of rotatable bonds is 9. The topological polar surface area (TPSA) is 0 Å². The number of hydrogen-bond acceptors (Lipinski definition) is 0. The van der Waals surface area contributed by atoms with Gasteiger partial charge >= 0.3 is 0 Å². The van der Waals surface area contributed by atoms with Crippen molar-refractivity contribution in [2.45, 2.75) is 83.5 Å². The lowest BCUT2D eigenvalue weighted by atomic mass is 9.66. The molecule has 0 radical (unpaired) electrons. The Labute approximate surface area is 449 Å². The molecule has 4 aliphatic rings. The van der Waals surface area contributed by atoms with Crippen LogP contribution in [0.25, 0.3) is 39.0 Å². The van der Waals surface area contributed by atoms with Crippen molar-refractivity contribution >= 4 is 5.57 Å². The summed E-state index contributed by atoms with van der Waals surface area (Å²) in [6, 6.07) is 75.8. The van der Waals surface area contributed by atoms with Crippen molar-refractivity contribution < 1.29 is 0 Å². The normalized spacial score (nSPS) is 20.0. The summed E-state index contributed by atoms with van der Waals surface area (Å²) in [5, 5.41) is 0. The Hall–Kier alpha value is -7.80. The molecule has 0 saturated heterocycles. The first kappa shape index (κ1) is 50.7. The van der Waals surface area contributed by atoms with Gasteiger partial charge in [-0.25, -0.2) is 0 Å². The van der Waals surface area contributed by atoms with Crippen LogP contribution in [-0.4, -0.2) is 0 Å². The van der Waals surface area contributed by atoms with E-state index in [0.717, 1.165) is 19.3 Å². The molecule has 75 heavy (non-hydrogen) atoms. The monoisotopic (exact) mass is 973 g/mol. The van der Waals surface area contributed by atoms with Gasteiger partial charge in [0.2, 0.25) is 0 Å². The molecule has 372 valence electrons. The number of benzene rings is 8. The third-order valence-electron chi connectivity index (χ3n) is 16.7. The van der Waals surface area contributed by atoms with Gasteiger partial charge in [0, 0.05) is 10.8 Å². The number of aryl methyl sites for hydroxylation is 1. The van der Waals surface area contributed by atoms with Crippen molar-refractivity contribution in [3.63, 3.8) is 0 Å². The number of hydrogen-bond donors (Lipinski definition) is 0. The second kappa shape index (κ2) is 22.4. The van der Waals surface area contributed by atoms with Crippen molar-refractivity contribution in [2.75, 3.05) is 0 Å². The fraction of sp³-hybridized carbons (Fsp3) is 0.200. The number of fused-ring (bicyclic) bond motifs is 3. The minimum atomic E-state index is -0.476. The predicted molar refractivity (Wildman–Crippen MR) is 322 cm³/mol. The molecule has 0 saturated carbocycles. The fourth-order valence-corrected chi connectivity index (χ4v) is 11.7. The lowest BCUT2D eigenvalue weighted by molar-refractivity contribution is 0.418. The first-order valence-corrected chi connectivity index (χ1v) is 27.4. The average molecular weight is 973 g/mol. The van der Waals surface area contributed by atoms with Gasteiger partial charge in [-0.05, 0) is 129 Å². The van der Waals surface area contributed by atoms with E-state index < -0.39 is 5.41 Å². The maximum Gasteiger partial charge on any atom is 0.0719 e. The standard InChI is InChI=1S/C47H40.2C14H16/c1-3-33(2)34-22-24-37(25-23-34)39-30-31-43-44-21-13-20-42(38-28-26-36(27-29-38)35-14-7-4-8-15-35)46(44)47(45(43)32-39,40-16-9-5-10-17-40)41-18-11-6-12-19-41;1-12-6-8-13(9-7-12)14(2)10-4-3-5-11-14;1-12-8-10-14(2,11-9-12)13-6-4-3-5-7-13/h4-22,24-34H,3,23H2,1-2H3;2*3-10H,11H2,1-2H3. The van der Waals surface area contributed by atoms with Crippen LogP contribution in [0.1, 0.15) is 105 Å². The minimum Gasteiger partial charge on any atom is -0.0834 e. The number of allylic oxidation sites excluding steroid dienone is 12. The molecule has 0 N–H and O–H groups in total. The van der Waals surface area contributed by atoms with Gasteiger partial charge in [0.25, 0.3) is 0 Å². The molecule has 4 unspecified atom stereocenters. The third kappa shape index (κ3) is 10.5. The largest absolute Gasteiger partial charge is 0.0834 e. The lowest BCUT2D eigenvalue weighted by Crippen LogP contribution is -2.29. The summed E-state index contributed by atoms with van der Waals surface area (Å²) in [5.41, 5.74) is 21.0. The van der Waals surface area contributed by atoms with Crippen molar-refractivity contribution in [3.8, 4) is 33.4 Å². The van der Waals surface area contributed by atoms with E-state index in [1.165, 1.54) is 95.5 Å². The Morgan fingerprint density at radius 3 is 1.61 bits per heavy atom. The van der Waals surface area contributed by atoms with Crippen molar-refractivity contribution in [1.82, 2.24) is 0 Å². The summed E-state index contributed by atoms with van der Waals surface area (Å²) >= 11 is 0. The minimum absolute atomic E-state index is 0.195. The Bertz CT molecular complexity index is 3360. The van der Waals surface area contributed by atoms with Crippen LogP contribution in [0.15, 0.2) is 273 Å². The molecule has 0 aromatic heterocycles. The first-order valence-electron chi connectivity index (χ1n) is 27.4. The zero-order chi connectivity index (χ0) is 51.8. The van der Waals surface area contributed by atoms with Gasteiger partial charge < -0.3 is 0 Å². The van der Waals surface area contributed by atoms with Gasteiger partial charge in [0.05, 0.1) is 5.41 Å². The Balaban J connectivity index is 0.000000185. The van der Waals surface area contributed by atoms with Gasteiger partial charge in [-0.1, -0.05) is 306 Å². The molecule has 0 aliphatic heterocycles. The van der Waals surface area contributed by atoms with Crippen LogP contribution in [-0.2, 0) is 16.2 Å². The predicted octanol–water partition coefficient (Wildman–Crippen LogP) is 20.0. The quantitative estimate of drug-likeness (QED) is 0.135.